The molecule has 1 unspecified atom stereocenters. The van der Waals surface area contributed by atoms with Crippen LogP contribution < -0.4 is 14.5 Å². The van der Waals surface area contributed by atoms with E-state index in [0.29, 0.717) is 44.8 Å². The molecule has 2 fully saturated rings. The molecule has 10 heteroatoms. The number of allylic oxidation sites excluding steroid dienone is 1. The molecule has 0 aliphatic carbocycles. The Hall–Kier alpha value is -3.81. The fourth-order valence-corrected chi connectivity index (χ4v) is 6.60. The first-order valence-electron chi connectivity index (χ1n) is 15.0. The molecule has 0 radical (unpaired) electrons. The average molecular weight is 600 g/mol. The number of likely N-dealkylation sites (N-methyl/N-ethyl adjacent to an activating group) is 1. The maximum absolute atomic E-state index is 12.8. The molecule has 1 amide bonds. The van der Waals surface area contributed by atoms with Crippen LogP contribution in [0.3, 0.4) is 0 Å². The summed E-state index contributed by atoms with van der Waals surface area (Å²) in [5.74, 6) is 0.853. The molecular formula is C33H41N7O2S. The van der Waals surface area contributed by atoms with Crippen LogP contribution in [-0.4, -0.2) is 90.7 Å². The lowest BCUT2D eigenvalue weighted by atomic mass is 10.0. The number of hydrogen-bond acceptors (Lipinski definition) is 7. The number of benzene rings is 2. The Kier molecular flexibility index (Phi) is 9.73. The van der Waals surface area contributed by atoms with Crippen LogP contribution in [0.5, 0.6) is 6.01 Å². The third-order valence-electron chi connectivity index (χ3n) is 8.88. The van der Waals surface area contributed by atoms with Gasteiger partial charge in [-0.15, -0.1) is 0 Å². The van der Waals surface area contributed by atoms with Gasteiger partial charge in [0.1, 0.15) is 18.5 Å². The second-order valence-corrected chi connectivity index (χ2v) is 11.5. The molecule has 0 spiro atoms. The molecule has 3 aliphatic heterocycles. The molecule has 3 aromatic rings. The first kappa shape index (κ1) is 30.6. The van der Waals surface area contributed by atoms with Crippen molar-refractivity contribution in [3.05, 3.63) is 77.3 Å². The highest BCUT2D eigenvalue weighted by Gasteiger charge is 2.35. The molecule has 9 nitrogen and oxygen atoms in total. The number of aromatic nitrogens is 2. The SMILES string of the molecule is S.[C-]#[N+]CC1CN(c2nc(OC[C@@H]3CCCN3C)nc3c2CCN(c2cccc4ccccc24)C3)CCN1C(=O)/C=C/C. The highest BCUT2D eigenvalue weighted by Crippen LogP contribution is 2.35. The maximum Gasteiger partial charge on any atom is 0.318 e. The van der Waals surface area contributed by atoms with Gasteiger partial charge in [0.05, 0.1) is 12.2 Å². The van der Waals surface area contributed by atoms with Gasteiger partial charge in [-0.05, 0) is 57.3 Å². The number of piperazine rings is 1. The minimum Gasteiger partial charge on any atom is -0.462 e. The van der Waals surface area contributed by atoms with Crippen LogP contribution in [0.15, 0.2) is 54.6 Å². The summed E-state index contributed by atoms with van der Waals surface area (Å²) in [5.41, 5.74) is 3.34. The Bertz CT molecular complexity index is 1520. The van der Waals surface area contributed by atoms with Gasteiger partial charge in [0.15, 0.2) is 0 Å². The minimum absolute atomic E-state index is 0. The molecule has 43 heavy (non-hydrogen) atoms. The first-order valence-corrected chi connectivity index (χ1v) is 15.0. The van der Waals surface area contributed by atoms with E-state index in [4.69, 9.17) is 21.3 Å². The Morgan fingerprint density at radius 2 is 1.91 bits per heavy atom. The molecule has 4 heterocycles. The van der Waals surface area contributed by atoms with Gasteiger partial charge < -0.3 is 29.2 Å². The van der Waals surface area contributed by atoms with Crippen LogP contribution in [0, 0.1) is 6.57 Å². The zero-order valence-corrected chi connectivity index (χ0v) is 26.1. The summed E-state index contributed by atoms with van der Waals surface area (Å²) in [6.45, 7) is 14.6. The molecule has 0 N–H and O–H groups in total. The van der Waals surface area contributed by atoms with Crippen molar-refractivity contribution in [2.45, 2.75) is 44.8 Å². The quantitative estimate of drug-likeness (QED) is 0.297. The monoisotopic (exact) mass is 599 g/mol. The predicted molar refractivity (Wildman–Crippen MR) is 176 cm³/mol. The number of rotatable bonds is 7. The highest BCUT2D eigenvalue weighted by atomic mass is 32.1. The third kappa shape index (κ3) is 6.43. The van der Waals surface area contributed by atoms with E-state index < -0.39 is 0 Å². The van der Waals surface area contributed by atoms with E-state index in [9.17, 15) is 4.79 Å². The summed E-state index contributed by atoms with van der Waals surface area (Å²) >= 11 is 0. The Labute approximate surface area is 261 Å². The van der Waals surface area contributed by atoms with E-state index in [0.717, 1.165) is 43.0 Å². The molecule has 0 bridgehead atoms. The van der Waals surface area contributed by atoms with E-state index in [1.165, 1.54) is 22.9 Å². The molecule has 1 aromatic heterocycles. The number of nitrogens with zero attached hydrogens (tertiary/aromatic N) is 7. The normalized spacial score (nSPS) is 20.6. The molecule has 2 aromatic carbocycles. The number of carbonyl (C=O) groups excluding carboxylic acids is 1. The van der Waals surface area contributed by atoms with Gasteiger partial charge in [-0.1, -0.05) is 42.5 Å². The van der Waals surface area contributed by atoms with Crippen molar-refractivity contribution in [1.29, 1.82) is 0 Å². The Morgan fingerprint density at radius 3 is 2.70 bits per heavy atom. The summed E-state index contributed by atoms with van der Waals surface area (Å²) in [4.78, 5) is 35.3. The number of amides is 1. The summed E-state index contributed by atoms with van der Waals surface area (Å²) < 4.78 is 6.30. The van der Waals surface area contributed by atoms with Gasteiger partial charge in [-0.25, -0.2) is 6.57 Å². The molecule has 2 saturated heterocycles. The van der Waals surface area contributed by atoms with Crippen molar-refractivity contribution in [3.63, 3.8) is 0 Å². The van der Waals surface area contributed by atoms with Crippen LogP contribution in [0.2, 0.25) is 0 Å². The summed E-state index contributed by atoms with van der Waals surface area (Å²) in [6.07, 6.45) is 6.46. The largest absolute Gasteiger partial charge is 0.462 e. The van der Waals surface area contributed by atoms with Crippen molar-refractivity contribution in [2.75, 3.05) is 62.7 Å². The molecule has 6 rings (SSSR count). The summed E-state index contributed by atoms with van der Waals surface area (Å²) in [6, 6.07) is 15.6. The zero-order chi connectivity index (χ0) is 29.1. The Balaban J connectivity index is 0.00000368. The molecule has 0 saturated carbocycles. The van der Waals surface area contributed by atoms with Crippen molar-refractivity contribution in [2.24, 2.45) is 0 Å². The van der Waals surface area contributed by atoms with E-state index >= 15 is 0 Å². The topological polar surface area (TPSA) is 69.4 Å². The van der Waals surface area contributed by atoms with E-state index in [2.05, 4.69) is 69.1 Å². The number of fused-ring (bicyclic) bond motifs is 2. The Morgan fingerprint density at radius 1 is 1.07 bits per heavy atom. The van der Waals surface area contributed by atoms with E-state index in [1.807, 2.05) is 11.8 Å². The van der Waals surface area contributed by atoms with Gasteiger partial charge in [0, 0.05) is 48.9 Å². The molecule has 3 aliphatic rings. The fourth-order valence-electron chi connectivity index (χ4n) is 6.60. The second-order valence-electron chi connectivity index (χ2n) is 11.5. The van der Waals surface area contributed by atoms with Crippen molar-refractivity contribution < 1.29 is 9.53 Å². The van der Waals surface area contributed by atoms with Crippen LogP contribution in [0.1, 0.15) is 31.0 Å². The van der Waals surface area contributed by atoms with Crippen LogP contribution >= 0.6 is 13.5 Å². The lowest BCUT2D eigenvalue weighted by molar-refractivity contribution is -0.128. The van der Waals surface area contributed by atoms with Crippen molar-refractivity contribution >= 4 is 41.7 Å². The standard InChI is InChI=1S/C33H39N7O2.H2S/c1-4-9-31(41)40-19-18-39(21-26(40)20-34-2)32-28-15-17-38(30-14-7-11-24-10-5-6-13-27(24)30)22-29(28)35-33(36-32)42-23-25-12-8-16-37(25)3;/h4-7,9-11,13-14,25-26H,8,12,15-23H2,1,3H3;1H2/b9-4+;/t25-,26?;/m0./s1. The van der Waals surface area contributed by atoms with Gasteiger partial charge in [-0.3, -0.25) is 4.79 Å². The number of anilines is 2. The van der Waals surface area contributed by atoms with Crippen molar-refractivity contribution in [3.8, 4) is 6.01 Å². The highest BCUT2D eigenvalue weighted by molar-refractivity contribution is 7.59. The molecule has 226 valence electrons. The van der Waals surface area contributed by atoms with Crippen molar-refractivity contribution in [1.82, 2.24) is 19.8 Å². The number of ether oxygens (including phenoxy) is 1. The van der Waals surface area contributed by atoms with Crippen LogP contribution in [-0.2, 0) is 17.8 Å². The van der Waals surface area contributed by atoms with E-state index in [1.54, 1.807) is 12.2 Å². The third-order valence-corrected chi connectivity index (χ3v) is 8.88. The fraction of sp³-hybridized carbons (Fsp3) is 0.455. The zero-order valence-electron chi connectivity index (χ0n) is 25.1. The second kappa shape index (κ2) is 13.7. The first-order chi connectivity index (χ1) is 20.6. The van der Waals surface area contributed by atoms with Crippen LogP contribution in [0.25, 0.3) is 15.6 Å². The predicted octanol–water partition coefficient (Wildman–Crippen LogP) is 4.29. The van der Waals surface area contributed by atoms with Gasteiger partial charge >= 0.3 is 6.01 Å². The lowest BCUT2D eigenvalue weighted by Crippen LogP contribution is -2.56. The average Bonchev–Trinajstić information content (AvgIpc) is 3.43. The number of likely N-dealkylation sites (tertiary alicyclic amines) is 1. The smallest absolute Gasteiger partial charge is 0.318 e. The maximum atomic E-state index is 12.8. The minimum atomic E-state index is -0.196. The van der Waals surface area contributed by atoms with E-state index in [-0.39, 0.29) is 32.0 Å². The molecule has 2 atom stereocenters. The molecular weight excluding hydrogens is 558 g/mol. The van der Waals surface area contributed by atoms with Gasteiger partial charge in [-0.2, -0.15) is 23.5 Å². The summed E-state index contributed by atoms with van der Waals surface area (Å²) in [5, 5.41) is 2.47. The summed E-state index contributed by atoms with van der Waals surface area (Å²) in [7, 11) is 2.15. The van der Waals surface area contributed by atoms with Crippen LogP contribution in [0.4, 0.5) is 11.5 Å². The number of hydrogen-bond donors (Lipinski definition) is 0. The van der Waals surface area contributed by atoms with Gasteiger partial charge in [0.2, 0.25) is 12.5 Å². The lowest BCUT2D eigenvalue weighted by Gasteiger charge is -2.41. The number of carbonyl (C=O) groups is 1. The van der Waals surface area contributed by atoms with Gasteiger partial charge in [0.25, 0.3) is 0 Å².